The Labute approximate surface area is 101 Å². The first-order chi connectivity index (χ1) is 8.13. The largest absolute Gasteiger partial charge is 0.481 e. The van der Waals surface area contributed by atoms with Gasteiger partial charge in [0.1, 0.15) is 0 Å². The van der Waals surface area contributed by atoms with Crippen LogP contribution in [0.15, 0.2) is 0 Å². The minimum atomic E-state index is -0.833. The molecule has 0 saturated carbocycles. The smallest absolute Gasteiger partial charge is 0.317 e. The van der Waals surface area contributed by atoms with Crippen LogP contribution in [0.5, 0.6) is 0 Å². The van der Waals surface area contributed by atoms with Gasteiger partial charge in [0.15, 0.2) is 0 Å². The lowest BCUT2D eigenvalue weighted by Gasteiger charge is -2.17. The van der Waals surface area contributed by atoms with Gasteiger partial charge in [-0.15, -0.1) is 0 Å². The summed E-state index contributed by atoms with van der Waals surface area (Å²) in [4.78, 5) is 23.7. The van der Waals surface area contributed by atoms with Crippen LogP contribution in [0.4, 0.5) is 4.79 Å². The topological polar surface area (TPSA) is 78.9 Å². The van der Waals surface area contributed by atoms with Crippen molar-refractivity contribution in [1.82, 2.24) is 10.2 Å². The number of nitrogens with zero attached hydrogens (tertiary/aromatic N) is 1. The van der Waals surface area contributed by atoms with Crippen molar-refractivity contribution >= 4 is 12.0 Å². The van der Waals surface area contributed by atoms with E-state index in [2.05, 4.69) is 5.32 Å². The maximum atomic E-state index is 11.7. The van der Waals surface area contributed by atoms with Crippen LogP contribution < -0.4 is 5.32 Å². The SMILES string of the molecule is COCC1CCN(C(=O)NCCCC(=O)O)C1. The number of hydrogen-bond donors (Lipinski definition) is 2. The highest BCUT2D eigenvalue weighted by Crippen LogP contribution is 2.15. The Balaban J connectivity index is 2.14. The third-order valence-electron chi connectivity index (χ3n) is 2.82. The molecule has 0 bridgehead atoms. The van der Waals surface area contributed by atoms with Crippen molar-refractivity contribution in [3.05, 3.63) is 0 Å². The summed E-state index contributed by atoms with van der Waals surface area (Å²) in [5.74, 6) is -0.412. The highest BCUT2D eigenvalue weighted by atomic mass is 16.5. The molecule has 1 fully saturated rings. The van der Waals surface area contributed by atoms with Crippen LogP contribution in [0.2, 0.25) is 0 Å². The van der Waals surface area contributed by atoms with E-state index in [4.69, 9.17) is 9.84 Å². The van der Waals surface area contributed by atoms with Gasteiger partial charge in [-0.1, -0.05) is 0 Å². The molecule has 1 heterocycles. The summed E-state index contributed by atoms with van der Waals surface area (Å²) < 4.78 is 5.06. The van der Waals surface area contributed by atoms with Gasteiger partial charge in [-0.25, -0.2) is 4.79 Å². The molecule has 0 spiro atoms. The second-order valence-electron chi connectivity index (χ2n) is 4.29. The van der Waals surface area contributed by atoms with Crippen molar-refractivity contribution in [2.24, 2.45) is 5.92 Å². The summed E-state index contributed by atoms with van der Waals surface area (Å²) in [7, 11) is 1.66. The standard InChI is InChI=1S/C11H20N2O4/c1-17-8-9-4-6-13(7-9)11(16)12-5-2-3-10(14)15/h9H,2-8H2,1H3,(H,12,16)(H,14,15). The fourth-order valence-electron chi connectivity index (χ4n) is 1.94. The fourth-order valence-corrected chi connectivity index (χ4v) is 1.94. The van der Waals surface area contributed by atoms with E-state index < -0.39 is 5.97 Å². The number of aliphatic carboxylic acids is 1. The van der Waals surface area contributed by atoms with Crippen molar-refractivity contribution in [2.45, 2.75) is 19.3 Å². The Morgan fingerprint density at radius 2 is 2.29 bits per heavy atom. The number of carbonyl (C=O) groups excluding carboxylic acids is 1. The molecule has 1 unspecified atom stereocenters. The number of urea groups is 1. The Hall–Kier alpha value is -1.30. The normalized spacial score (nSPS) is 19.4. The number of carboxylic acid groups (broad SMARTS) is 1. The maximum Gasteiger partial charge on any atom is 0.317 e. The van der Waals surface area contributed by atoms with Gasteiger partial charge >= 0.3 is 12.0 Å². The molecule has 17 heavy (non-hydrogen) atoms. The molecular weight excluding hydrogens is 224 g/mol. The summed E-state index contributed by atoms with van der Waals surface area (Å²) in [5.41, 5.74) is 0. The number of carbonyl (C=O) groups is 2. The Morgan fingerprint density at radius 1 is 1.53 bits per heavy atom. The number of nitrogens with one attached hydrogen (secondary N) is 1. The molecule has 0 aromatic heterocycles. The highest BCUT2D eigenvalue weighted by molar-refractivity contribution is 5.74. The summed E-state index contributed by atoms with van der Waals surface area (Å²) in [5, 5.41) is 11.2. The number of methoxy groups -OCH3 is 1. The number of ether oxygens (including phenoxy) is 1. The predicted molar refractivity (Wildman–Crippen MR) is 61.8 cm³/mol. The molecule has 0 aliphatic carbocycles. The van der Waals surface area contributed by atoms with Crippen molar-refractivity contribution in [2.75, 3.05) is 33.4 Å². The summed E-state index contributed by atoms with van der Waals surface area (Å²) in [6.45, 7) is 2.57. The Kier molecular flexibility index (Phi) is 5.76. The van der Waals surface area contributed by atoms with Crippen LogP contribution in [0.3, 0.4) is 0 Å². The van der Waals surface area contributed by atoms with Crippen LogP contribution in [-0.2, 0) is 9.53 Å². The quantitative estimate of drug-likeness (QED) is 0.668. The molecule has 0 aromatic carbocycles. The molecule has 0 aromatic rings. The van der Waals surface area contributed by atoms with Gasteiger partial charge in [0.2, 0.25) is 0 Å². The van der Waals surface area contributed by atoms with Gasteiger partial charge in [-0.2, -0.15) is 0 Å². The van der Waals surface area contributed by atoms with Gasteiger partial charge in [0.25, 0.3) is 0 Å². The van der Waals surface area contributed by atoms with Gasteiger partial charge in [-0.3, -0.25) is 4.79 Å². The summed E-state index contributed by atoms with van der Waals surface area (Å²) in [6, 6.07) is -0.103. The van der Waals surface area contributed by atoms with Crippen LogP contribution in [0.1, 0.15) is 19.3 Å². The first kappa shape index (κ1) is 13.8. The fraction of sp³-hybridized carbons (Fsp3) is 0.818. The van der Waals surface area contributed by atoms with E-state index in [0.29, 0.717) is 25.5 Å². The Bertz CT molecular complexity index is 270. The second kappa shape index (κ2) is 7.11. The molecule has 1 atom stereocenters. The molecule has 1 saturated heterocycles. The minimum Gasteiger partial charge on any atom is -0.481 e. The number of amides is 2. The lowest BCUT2D eigenvalue weighted by Crippen LogP contribution is -2.39. The van der Waals surface area contributed by atoms with Gasteiger partial charge in [0.05, 0.1) is 6.61 Å². The van der Waals surface area contributed by atoms with Crippen molar-refractivity contribution < 1.29 is 19.4 Å². The second-order valence-corrected chi connectivity index (χ2v) is 4.29. The van der Waals surface area contributed by atoms with Crippen LogP contribution in [0, 0.1) is 5.92 Å². The van der Waals surface area contributed by atoms with Crippen molar-refractivity contribution in [3.8, 4) is 0 Å². The zero-order valence-corrected chi connectivity index (χ0v) is 10.1. The van der Waals surface area contributed by atoms with E-state index in [1.54, 1.807) is 12.0 Å². The number of hydrogen-bond acceptors (Lipinski definition) is 3. The zero-order valence-electron chi connectivity index (χ0n) is 10.1. The molecule has 6 nitrogen and oxygen atoms in total. The number of likely N-dealkylation sites (tertiary alicyclic amines) is 1. The third-order valence-corrected chi connectivity index (χ3v) is 2.82. The molecule has 0 radical (unpaired) electrons. The van der Waals surface area contributed by atoms with Gasteiger partial charge in [0, 0.05) is 39.1 Å². The lowest BCUT2D eigenvalue weighted by atomic mass is 10.1. The van der Waals surface area contributed by atoms with E-state index in [-0.39, 0.29) is 12.5 Å². The third kappa shape index (κ3) is 5.04. The van der Waals surface area contributed by atoms with Crippen LogP contribution in [-0.4, -0.2) is 55.4 Å². The summed E-state index contributed by atoms with van der Waals surface area (Å²) >= 11 is 0. The highest BCUT2D eigenvalue weighted by Gasteiger charge is 2.25. The Morgan fingerprint density at radius 3 is 2.94 bits per heavy atom. The minimum absolute atomic E-state index is 0.0899. The van der Waals surface area contributed by atoms with Crippen molar-refractivity contribution in [3.63, 3.8) is 0 Å². The molecule has 2 N–H and O–H groups in total. The van der Waals surface area contributed by atoms with Crippen molar-refractivity contribution in [1.29, 1.82) is 0 Å². The average Bonchev–Trinajstić information content (AvgIpc) is 2.73. The molecule has 1 aliphatic heterocycles. The van der Waals surface area contributed by atoms with Crippen LogP contribution in [0.25, 0.3) is 0 Å². The molecular formula is C11H20N2O4. The number of carboxylic acids is 1. The number of rotatable bonds is 6. The van der Waals surface area contributed by atoms with Gasteiger partial charge in [-0.05, 0) is 12.8 Å². The molecule has 1 aliphatic rings. The van der Waals surface area contributed by atoms with E-state index >= 15 is 0 Å². The molecule has 6 heteroatoms. The molecule has 1 rings (SSSR count). The average molecular weight is 244 g/mol. The van der Waals surface area contributed by atoms with Crippen LogP contribution >= 0.6 is 0 Å². The summed E-state index contributed by atoms with van der Waals surface area (Å²) in [6.07, 6.45) is 1.53. The maximum absolute atomic E-state index is 11.7. The molecule has 2 amide bonds. The first-order valence-corrected chi connectivity index (χ1v) is 5.87. The monoisotopic (exact) mass is 244 g/mol. The van der Waals surface area contributed by atoms with Gasteiger partial charge < -0.3 is 20.1 Å². The molecule has 98 valence electrons. The van der Waals surface area contributed by atoms with E-state index in [0.717, 1.165) is 19.5 Å². The van der Waals surface area contributed by atoms with E-state index in [9.17, 15) is 9.59 Å². The predicted octanol–water partition coefficient (Wildman–Crippen LogP) is 0.529. The lowest BCUT2D eigenvalue weighted by molar-refractivity contribution is -0.137. The van der Waals surface area contributed by atoms with E-state index in [1.165, 1.54) is 0 Å². The first-order valence-electron chi connectivity index (χ1n) is 5.87. The zero-order chi connectivity index (χ0) is 12.7. The van der Waals surface area contributed by atoms with E-state index in [1.807, 2.05) is 0 Å².